The van der Waals surface area contributed by atoms with Crippen molar-refractivity contribution in [1.82, 2.24) is 5.32 Å². The Morgan fingerprint density at radius 3 is 2.53 bits per heavy atom. The summed E-state index contributed by atoms with van der Waals surface area (Å²) in [4.78, 5) is 29.4. The Bertz CT molecular complexity index is 1050. The molecule has 0 bridgehead atoms. The molecule has 4 rings (SSSR count). The van der Waals surface area contributed by atoms with E-state index in [0.29, 0.717) is 19.4 Å². The molecule has 0 saturated carbocycles. The smallest absolute Gasteiger partial charge is 0.227 e. The molecule has 2 heterocycles. The zero-order valence-corrected chi connectivity index (χ0v) is 19.2. The van der Waals surface area contributed by atoms with Crippen LogP contribution in [-0.2, 0) is 16.0 Å². The Morgan fingerprint density at radius 1 is 1.12 bits per heavy atom. The summed E-state index contributed by atoms with van der Waals surface area (Å²) in [5.41, 5.74) is 2.87. The van der Waals surface area contributed by atoms with Crippen molar-refractivity contribution in [2.24, 2.45) is 5.92 Å². The van der Waals surface area contributed by atoms with Crippen LogP contribution in [0.3, 0.4) is 0 Å². The van der Waals surface area contributed by atoms with E-state index in [1.807, 2.05) is 66.9 Å². The molecule has 32 heavy (non-hydrogen) atoms. The number of rotatable bonds is 7. The quantitative estimate of drug-likeness (QED) is 0.559. The van der Waals surface area contributed by atoms with Crippen molar-refractivity contribution >= 4 is 28.8 Å². The van der Waals surface area contributed by atoms with E-state index in [0.717, 1.165) is 29.0 Å². The maximum Gasteiger partial charge on any atom is 0.227 e. The lowest BCUT2D eigenvalue weighted by Gasteiger charge is -2.41. The van der Waals surface area contributed by atoms with Crippen molar-refractivity contribution in [1.29, 1.82) is 0 Å². The van der Waals surface area contributed by atoms with Crippen molar-refractivity contribution in [3.05, 3.63) is 82.0 Å². The van der Waals surface area contributed by atoms with E-state index in [1.54, 1.807) is 23.3 Å². The van der Waals surface area contributed by atoms with Gasteiger partial charge in [-0.3, -0.25) is 9.59 Å². The van der Waals surface area contributed by atoms with Gasteiger partial charge in [-0.2, -0.15) is 0 Å². The van der Waals surface area contributed by atoms with Crippen LogP contribution in [0, 0.1) is 12.8 Å². The monoisotopic (exact) mass is 448 g/mol. The number of nitrogens with zero attached hydrogens (tertiary/aromatic N) is 1. The Hall–Kier alpha value is -3.12. The molecule has 6 heteroatoms. The van der Waals surface area contributed by atoms with Gasteiger partial charge in [-0.15, -0.1) is 11.3 Å². The van der Waals surface area contributed by atoms with Gasteiger partial charge in [-0.05, 0) is 61.0 Å². The standard InChI is InChI=1S/C26H28N2O3S/c1-18-5-9-20(10-6-18)28-24(29)14-13-23(25(28)19-7-11-21(31-2)12-8-19)26(30)27-16-15-22-4-3-17-32-22/h3-12,17,23,25H,13-16H2,1-2H3,(H,27,30)/t23-,25-/m1/s1. The van der Waals surface area contributed by atoms with Crippen LogP contribution < -0.4 is 15.0 Å². The molecule has 1 N–H and O–H groups in total. The van der Waals surface area contributed by atoms with Gasteiger partial charge < -0.3 is 15.0 Å². The molecule has 0 spiro atoms. The van der Waals surface area contributed by atoms with Crippen LogP contribution in [0.2, 0.25) is 0 Å². The molecule has 3 aromatic rings. The zero-order chi connectivity index (χ0) is 22.5. The summed E-state index contributed by atoms with van der Waals surface area (Å²) < 4.78 is 5.31. The van der Waals surface area contributed by atoms with Crippen molar-refractivity contribution in [2.45, 2.75) is 32.2 Å². The minimum absolute atomic E-state index is 0.00742. The van der Waals surface area contributed by atoms with Gasteiger partial charge in [-0.25, -0.2) is 0 Å². The van der Waals surface area contributed by atoms with Crippen LogP contribution in [0.1, 0.15) is 34.9 Å². The number of carbonyl (C=O) groups is 2. The third-order valence-corrected chi connectivity index (χ3v) is 6.89. The van der Waals surface area contributed by atoms with Crippen LogP contribution in [0.5, 0.6) is 5.75 Å². The van der Waals surface area contributed by atoms with Crippen LogP contribution in [0.25, 0.3) is 0 Å². The predicted octanol–water partition coefficient (Wildman–Crippen LogP) is 4.91. The van der Waals surface area contributed by atoms with E-state index >= 15 is 0 Å². The Labute approximate surface area is 193 Å². The number of amides is 2. The maximum atomic E-state index is 13.3. The number of nitrogens with one attached hydrogen (secondary N) is 1. The van der Waals surface area contributed by atoms with Crippen LogP contribution >= 0.6 is 11.3 Å². The number of aryl methyl sites for hydroxylation is 1. The van der Waals surface area contributed by atoms with Gasteiger partial charge in [0.15, 0.2) is 0 Å². The average molecular weight is 449 g/mol. The molecule has 1 saturated heterocycles. The first kappa shape index (κ1) is 22.1. The van der Waals surface area contributed by atoms with Crippen molar-refractivity contribution < 1.29 is 14.3 Å². The third-order valence-electron chi connectivity index (χ3n) is 5.95. The summed E-state index contributed by atoms with van der Waals surface area (Å²) in [6.07, 6.45) is 1.69. The summed E-state index contributed by atoms with van der Waals surface area (Å²) >= 11 is 1.69. The summed E-state index contributed by atoms with van der Waals surface area (Å²) in [6, 6.07) is 19.3. The fraction of sp³-hybridized carbons (Fsp3) is 0.308. The summed E-state index contributed by atoms with van der Waals surface area (Å²) in [5, 5.41) is 5.16. The molecule has 166 valence electrons. The maximum absolute atomic E-state index is 13.3. The lowest BCUT2D eigenvalue weighted by atomic mass is 9.83. The van der Waals surface area contributed by atoms with Gasteiger partial charge in [0, 0.05) is 23.5 Å². The van der Waals surface area contributed by atoms with Crippen molar-refractivity contribution in [3.63, 3.8) is 0 Å². The van der Waals surface area contributed by atoms with Crippen molar-refractivity contribution in [3.8, 4) is 5.75 Å². The van der Waals surface area contributed by atoms with E-state index in [4.69, 9.17) is 4.74 Å². The number of piperidine rings is 1. The second-order valence-electron chi connectivity index (χ2n) is 8.08. The number of carbonyl (C=O) groups excluding carboxylic acids is 2. The molecule has 0 unspecified atom stereocenters. The average Bonchev–Trinajstić information content (AvgIpc) is 3.33. The second kappa shape index (κ2) is 10.0. The highest BCUT2D eigenvalue weighted by atomic mass is 32.1. The number of thiophene rings is 1. The number of methoxy groups -OCH3 is 1. The van der Waals surface area contributed by atoms with E-state index in [1.165, 1.54) is 4.88 Å². The molecule has 1 aliphatic heterocycles. The zero-order valence-electron chi connectivity index (χ0n) is 18.4. The first-order valence-electron chi connectivity index (χ1n) is 10.9. The number of ether oxygens (including phenoxy) is 1. The van der Waals surface area contributed by atoms with Crippen LogP contribution in [0.15, 0.2) is 66.0 Å². The van der Waals surface area contributed by atoms with E-state index in [-0.39, 0.29) is 23.8 Å². The van der Waals surface area contributed by atoms with Crippen LogP contribution in [0.4, 0.5) is 5.69 Å². The summed E-state index contributed by atoms with van der Waals surface area (Å²) in [6.45, 7) is 2.61. The second-order valence-corrected chi connectivity index (χ2v) is 9.12. The highest BCUT2D eigenvalue weighted by Gasteiger charge is 2.41. The molecule has 5 nitrogen and oxygen atoms in total. The first-order valence-corrected chi connectivity index (χ1v) is 11.8. The molecule has 2 aromatic carbocycles. The Balaban J connectivity index is 1.62. The number of hydrogen-bond donors (Lipinski definition) is 1. The lowest BCUT2D eigenvalue weighted by Crippen LogP contribution is -2.48. The third kappa shape index (κ3) is 4.86. The Morgan fingerprint density at radius 2 is 1.88 bits per heavy atom. The fourth-order valence-electron chi connectivity index (χ4n) is 4.25. The van der Waals surface area contributed by atoms with Gasteiger partial charge in [0.05, 0.1) is 19.1 Å². The van der Waals surface area contributed by atoms with E-state index in [2.05, 4.69) is 11.4 Å². The normalized spacial score (nSPS) is 18.4. The summed E-state index contributed by atoms with van der Waals surface area (Å²) in [5.74, 6) is 0.449. The van der Waals surface area contributed by atoms with Gasteiger partial charge in [0.2, 0.25) is 11.8 Å². The minimum Gasteiger partial charge on any atom is -0.497 e. The fourth-order valence-corrected chi connectivity index (χ4v) is 4.96. The molecule has 1 fully saturated rings. The highest BCUT2D eigenvalue weighted by Crippen LogP contribution is 2.40. The molecule has 1 aromatic heterocycles. The number of benzene rings is 2. The Kier molecular flexibility index (Phi) is 6.90. The van der Waals surface area contributed by atoms with E-state index in [9.17, 15) is 9.59 Å². The molecule has 0 radical (unpaired) electrons. The van der Waals surface area contributed by atoms with Crippen molar-refractivity contribution in [2.75, 3.05) is 18.6 Å². The molecule has 1 aliphatic rings. The number of anilines is 1. The highest BCUT2D eigenvalue weighted by molar-refractivity contribution is 7.09. The predicted molar refractivity (Wildman–Crippen MR) is 128 cm³/mol. The van der Waals surface area contributed by atoms with Gasteiger partial charge in [0.1, 0.15) is 5.75 Å². The molecular formula is C26H28N2O3S. The van der Waals surface area contributed by atoms with Gasteiger partial charge in [-0.1, -0.05) is 35.9 Å². The molecule has 0 aliphatic carbocycles. The first-order chi connectivity index (χ1) is 15.6. The molecular weight excluding hydrogens is 420 g/mol. The summed E-state index contributed by atoms with van der Waals surface area (Å²) in [7, 11) is 1.63. The SMILES string of the molecule is COc1ccc([C@@H]2[C@H](C(=O)NCCc3cccs3)CCC(=O)N2c2ccc(C)cc2)cc1. The largest absolute Gasteiger partial charge is 0.497 e. The minimum atomic E-state index is -0.369. The topological polar surface area (TPSA) is 58.6 Å². The van der Waals surface area contributed by atoms with Gasteiger partial charge in [0.25, 0.3) is 0 Å². The number of hydrogen-bond acceptors (Lipinski definition) is 4. The van der Waals surface area contributed by atoms with Crippen LogP contribution in [-0.4, -0.2) is 25.5 Å². The van der Waals surface area contributed by atoms with Gasteiger partial charge >= 0.3 is 0 Å². The molecule has 2 amide bonds. The van der Waals surface area contributed by atoms with E-state index < -0.39 is 0 Å². The lowest BCUT2D eigenvalue weighted by molar-refractivity contribution is -0.129. The molecule has 2 atom stereocenters.